The molecule has 0 aliphatic heterocycles. The Balaban J connectivity index is 1.88. The van der Waals surface area contributed by atoms with Crippen LogP contribution < -0.4 is 10.6 Å². The lowest BCUT2D eigenvalue weighted by Gasteiger charge is -2.41. The maximum Gasteiger partial charge on any atom is 0.416 e. The van der Waals surface area contributed by atoms with Crippen molar-refractivity contribution in [2.75, 3.05) is 13.6 Å². The van der Waals surface area contributed by atoms with Crippen molar-refractivity contribution in [3.05, 3.63) is 35.4 Å². The number of amides is 2. The minimum atomic E-state index is -4.52. The Hall–Kier alpha value is -2.09. The zero-order valence-corrected chi connectivity index (χ0v) is 18.1. The molecule has 168 valence electrons. The minimum absolute atomic E-state index is 0.0461. The summed E-state index contributed by atoms with van der Waals surface area (Å²) < 4.78 is 38.4. The number of carbonyl (C=O) groups excluding carboxylic acids is 2. The molecule has 1 saturated carbocycles. The molecule has 2 rings (SSSR count). The molecule has 2 N–H and O–H groups in total. The summed E-state index contributed by atoms with van der Waals surface area (Å²) >= 11 is 0. The van der Waals surface area contributed by atoms with Crippen molar-refractivity contribution in [2.45, 2.75) is 70.8 Å². The predicted octanol–water partition coefficient (Wildman–Crippen LogP) is 3.84. The first kappa shape index (κ1) is 24.2. The molecule has 0 bridgehead atoms. The predicted molar refractivity (Wildman–Crippen MR) is 110 cm³/mol. The largest absolute Gasteiger partial charge is 0.416 e. The average Bonchev–Trinajstić information content (AvgIpc) is 2.71. The van der Waals surface area contributed by atoms with Crippen molar-refractivity contribution in [3.8, 4) is 0 Å². The van der Waals surface area contributed by atoms with E-state index >= 15 is 0 Å². The average molecular weight is 428 g/mol. The molecule has 1 aliphatic carbocycles. The molecule has 0 saturated heterocycles. The number of hydrogen-bond donors (Lipinski definition) is 2. The van der Waals surface area contributed by atoms with Crippen LogP contribution in [0.3, 0.4) is 0 Å². The Morgan fingerprint density at radius 3 is 2.53 bits per heavy atom. The highest BCUT2D eigenvalue weighted by Crippen LogP contribution is 2.31. The molecule has 0 heterocycles. The summed E-state index contributed by atoms with van der Waals surface area (Å²) in [7, 11) is 2.13. The van der Waals surface area contributed by atoms with Crippen molar-refractivity contribution in [3.63, 3.8) is 0 Å². The van der Waals surface area contributed by atoms with Crippen LogP contribution in [-0.2, 0) is 11.0 Å². The standard InChI is InChI=1S/C22H32F3N3O2/c1-5-15-12-18(28(4)14(2)3)9-10-19(15)27-20(29)13-26-21(30)16-7-6-8-17(11-16)22(23,24)25/h6-8,11,14-15,18-19H,5,9-10,12-13H2,1-4H3,(H,26,30)(H,27,29)/t15-,18-,19+/m1/s1. The van der Waals surface area contributed by atoms with Gasteiger partial charge in [0.05, 0.1) is 12.1 Å². The maximum absolute atomic E-state index is 12.8. The summed E-state index contributed by atoms with van der Waals surface area (Å²) in [6.07, 6.45) is -0.706. The van der Waals surface area contributed by atoms with Gasteiger partial charge in [-0.2, -0.15) is 13.2 Å². The van der Waals surface area contributed by atoms with Crippen molar-refractivity contribution in [1.82, 2.24) is 15.5 Å². The van der Waals surface area contributed by atoms with E-state index in [-0.39, 0.29) is 24.1 Å². The molecule has 5 nitrogen and oxygen atoms in total. The van der Waals surface area contributed by atoms with Gasteiger partial charge in [0, 0.05) is 23.7 Å². The molecule has 1 fully saturated rings. The number of hydrogen-bond acceptors (Lipinski definition) is 3. The first-order valence-electron chi connectivity index (χ1n) is 10.5. The van der Waals surface area contributed by atoms with Crippen LogP contribution >= 0.6 is 0 Å². The molecular weight excluding hydrogens is 395 g/mol. The van der Waals surface area contributed by atoms with Crippen molar-refractivity contribution in [2.24, 2.45) is 5.92 Å². The molecule has 0 radical (unpaired) electrons. The summed E-state index contributed by atoms with van der Waals surface area (Å²) in [5.41, 5.74) is -1.02. The van der Waals surface area contributed by atoms with Gasteiger partial charge in [-0.05, 0) is 64.3 Å². The summed E-state index contributed by atoms with van der Waals surface area (Å²) in [5, 5.41) is 5.41. The van der Waals surface area contributed by atoms with Gasteiger partial charge in [0.25, 0.3) is 5.91 Å². The van der Waals surface area contributed by atoms with Crippen LogP contribution in [-0.4, -0.2) is 48.4 Å². The van der Waals surface area contributed by atoms with Crippen LogP contribution in [0.2, 0.25) is 0 Å². The smallest absolute Gasteiger partial charge is 0.352 e. The number of alkyl halides is 3. The molecule has 30 heavy (non-hydrogen) atoms. The fourth-order valence-electron chi connectivity index (χ4n) is 4.03. The van der Waals surface area contributed by atoms with E-state index in [0.29, 0.717) is 18.0 Å². The quantitative estimate of drug-likeness (QED) is 0.695. The highest BCUT2D eigenvalue weighted by atomic mass is 19.4. The molecule has 0 spiro atoms. The lowest BCUT2D eigenvalue weighted by atomic mass is 9.79. The van der Waals surface area contributed by atoms with Gasteiger partial charge in [-0.1, -0.05) is 19.4 Å². The zero-order chi connectivity index (χ0) is 22.5. The Morgan fingerprint density at radius 1 is 1.23 bits per heavy atom. The maximum atomic E-state index is 12.8. The van der Waals surface area contributed by atoms with Gasteiger partial charge in [0.15, 0.2) is 0 Å². The van der Waals surface area contributed by atoms with Gasteiger partial charge in [-0.3, -0.25) is 9.59 Å². The normalized spacial score (nSPS) is 22.2. The number of nitrogens with zero attached hydrogens (tertiary/aromatic N) is 1. The van der Waals surface area contributed by atoms with Crippen molar-refractivity contribution in [1.29, 1.82) is 0 Å². The Morgan fingerprint density at radius 2 is 1.93 bits per heavy atom. The van der Waals surface area contributed by atoms with Gasteiger partial charge in [-0.15, -0.1) is 0 Å². The van der Waals surface area contributed by atoms with E-state index < -0.39 is 17.6 Å². The van der Waals surface area contributed by atoms with Gasteiger partial charge < -0.3 is 15.5 Å². The number of carbonyl (C=O) groups is 2. The Labute approximate surface area is 176 Å². The van der Waals surface area contributed by atoms with Crippen LogP contribution in [0.5, 0.6) is 0 Å². The van der Waals surface area contributed by atoms with Gasteiger partial charge in [0.2, 0.25) is 5.91 Å². The number of halogens is 3. The Kier molecular flexibility index (Phi) is 8.29. The summed E-state index contributed by atoms with van der Waals surface area (Å²) in [6, 6.07) is 5.16. The van der Waals surface area contributed by atoms with Crippen molar-refractivity contribution < 1.29 is 22.8 Å². The second-order valence-corrected chi connectivity index (χ2v) is 8.33. The van der Waals surface area contributed by atoms with E-state index in [1.165, 1.54) is 12.1 Å². The lowest BCUT2D eigenvalue weighted by molar-refractivity contribution is -0.137. The molecular formula is C22H32F3N3O2. The van der Waals surface area contributed by atoms with Gasteiger partial charge in [-0.25, -0.2) is 0 Å². The van der Waals surface area contributed by atoms with Gasteiger partial charge in [0.1, 0.15) is 0 Å². The number of nitrogens with one attached hydrogen (secondary N) is 2. The SMILES string of the molecule is CC[C@@H]1C[C@H](N(C)C(C)C)CC[C@@H]1NC(=O)CNC(=O)c1cccc(C(F)(F)F)c1. The molecule has 3 atom stereocenters. The first-order valence-corrected chi connectivity index (χ1v) is 10.5. The zero-order valence-electron chi connectivity index (χ0n) is 18.1. The van der Waals surface area contributed by atoms with E-state index in [1.807, 2.05) is 0 Å². The van der Waals surface area contributed by atoms with E-state index in [4.69, 9.17) is 0 Å². The summed E-state index contributed by atoms with van der Waals surface area (Å²) in [6.45, 7) is 6.18. The summed E-state index contributed by atoms with van der Waals surface area (Å²) in [4.78, 5) is 26.9. The molecule has 2 amide bonds. The third kappa shape index (κ3) is 6.45. The lowest BCUT2D eigenvalue weighted by Crippen LogP contribution is -2.50. The van der Waals surface area contributed by atoms with E-state index in [0.717, 1.165) is 37.8 Å². The molecule has 0 unspecified atom stereocenters. The fourth-order valence-corrected chi connectivity index (χ4v) is 4.03. The van der Waals surface area contributed by atoms with Crippen LogP contribution in [0.15, 0.2) is 24.3 Å². The first-order chi connectivity index (χ1) is 14.0. The third-order valence-electron chi connectivity index (χ3n) is 6.08. The number of rotatable bonds is 7. The van der Waals surface area contributed by atoms with Crippen LogP contribution in [0.4, 0.5) is 13.2 Å². The van der Waals surface area contributed by atoms with Crippen LogP contribution in [0, 0.1) is 5.92 Å². The Bertz CT molecular complexity index is 737. The van der Waals surface area contributed by atoms with E-state index in [9.17, 15) is 22.8 Å². The van der Waals surface area contributed by atoms with Crippen molar-refractivity contribution >= 4 is 11.8 Å². The second kappa shape index (κ2) is 10.3. The highest BCUT2D eigenvalue weighted by molar-refractivity contribution is 5.96. The van der Waals surface area contributed by atoms with Gasteiger partial charge >= 0.3 is 6.18 Å². The minimum Gasteiger partial charge on any atom is -0.352 e. The van der Waals surface area contributed by atoms with E-state index in [1.54, 1.807) is 0 Å². The molecule has 1 aromatic rings. The second-order valence-electron chi connectivity index (χ2n) is 8.33. The summed E-state index contributed by atoms with van der Waals surface area (Å²) in [5.74, 6) is -0.673. The molecule has 0 aromatic heterocycles. The monoisotopic (exact) mass is 427 g/mol. The molecule has 1 aromatic carbocycles. The topological polar surface area (TPSA) is 61.4 Å². The highest BCUT2D eigenvalue weighted by Gasteiger charge is 2.33. The third-order valence-corrected chi connectivity index (χ3v) is 6.08. The van der Waals surface area contributed by atoms with Crippen LogP contribution in [0.25, 0.3) is 0 Å². The molecule has 1 aliphatic rings. The fraction of sp³-hybridized carbons (Fsp3) is 0.636. The van der Waals surface area contributed by atoms with E-state index in [2.05, 4.69) is 43.4 Å². The van der Waals surface area contributed by atoms with Crippen LogP contribution in [0.1, 0.15) is 62.4 Å². The number of benzene rings is 1. The molecule has 8 heteroatoms.